The van der Waals surface area contributed by atoms with Gasteiger partial charge in [0.05, 0.1) is 6.54 Å². The van der Waals surface area contributed by atoms with Crippen molar-refractivity contribution in [2.45, 2.75) is 44.8 Å². The van der Waals surface area contributed by atoms with Crippen LogP contribution in [-0.4, -0.2) is 39.5 Å². The van der Waals surface area contributed by atoms with Gasteiger partial charge in [-0.15, -0.1) is 0 Å². The third-order valence-corrected chi connectivity index (χ3v) is 4.43. The first-order valence-corrected chi connectivity index (χ1v) is 6.93. The van der Waals surface area contributed by atoms with Gasteiger partial charge in [0, 0.05) is 37.1 Å². The van der Waals surface area contributed by atoms with Crippen LogP contribution in [0.4, 0.5) is 0 Å². The van der Waals surface area contributed by atoms with Crippen molar-refractivity contribution in [1.82, 2.24) is 20.2 Å². The fraction of sp³-hybridized carbons (Fsp3) is 0.714. The lowest BCUT2D eigenvalue weighted by atomic mass is 9.89. The molecule has 2 atom stereocenters. The number of piperazine rings is 1. The van der Waals surface area contributed by atoms with Crippen molar-refractivity contribution in [2.24, 2.45) is 5.92 Å². The summed E-state index contributed by atoms with van der Waals surface area (Å²) in [5.41, 5.74) is 0.283. The van der Waals surface area contributed by atoms with Crippen molar-refractivity contribution in [1.29, 1.82) is 0 Å². The molecule has 3 rings (SSSR count). The fourth-order valence-corrected chi connectivity index (χ4v) is 3.03. The summed E-state index contributed by atoms with van der Waals surface area (Å²) in [6.45, 7) is 7.70. The average molecular weight is 246 g/mol. The van der Waals surface area contributed by atoms with Gasteiger partial charge >= 0.3 is 0 Å². The van der Waals surface area contributed by atoms with E-state index in [0.717, 1.165) is 31.4 Å². The quantitative estimate of drug-likeness (QED) is 0.876. The summed E-state index contributed by atoms with van der Waals surface area (Å²) < 4.78 is 0. The zero-order valence-electron chi connectivity index (χ0n) is 11.3. The van der Waals surface area contributed by atoms with Crippen LogP contribution in [0, 0.1) is 5.92 Å². The zero-order valence-corrected chi connectivity index (χ0v) is 11.3. The van der Waals surface area contributed by atoms with E-state index in [0.29, 0.717) is 6.04 Å². The van der Waals surface area contributed by atoms with Gasteiger partial charge in [0.15, 0.2) is 0 Å². The predicted molar refractivity (Wildman–Crippen MR) is 71.0 cm³/mol. The average Bonchev–Trinajstić information content (AvgIpc) is 3.20. The van der Waals surface area contributed by atoms with Crippen LogP contribution in [0.1, 0.15) is 32.5 Å². The Kier molecular flexibility index (Phi) is 3.08. The SMILES string of the molecule is CC1CN(Cc2ncccn2)C(C)(C2CC2)CN1. The van der Waals surface area contributed by atoms with Gasteiger partial charge in [-0.05, 0) is 38.7 Å². The Morgan fingerprint density at radius 3 is 2.78 bits per heavy atom. The van der Waals surface area contributed by atoms with Crippen LogP contribution in [0.3, 0.4) is 0 Å². The lowest BCUT2D eigenvalue weighted by Crippen LogP contribution is -2.63. The van der Waals surface area contributed by atoms with Crippen LogP contribution in [0.15, 0.2) is 18.5 Å². The fourth-order valence-electron chi connectivity index (χ4n) is 3.03. The van der Waals surface area contributed by atoms with Crippen LogP contribution in [0.2, 0.25) is 0 Å². The molecule has 1 saturated heterocycles. The molecule has 0 spiro atoms. The van der Waals surface area contributed by atoms with E-state index in [2.05, 4.69) is 34.0 Å². The molecular formula is C14H22N4. The molecule has 0 aromatic carbocycles. The Morgan fingerprint density at radius 1 is 1.39 bits per heavy atom. The smallest absolute Gasteiger partial charge is 0.142 e. The maximum atomic E-state index is 4.37. The van der Waals surface area contributed by atoms with Crippen molar-refractivity contribution in [3.8, 4) is 0 Å². The third kappa shape index (κ3) is 2.27. The van der Waals surface area contributed by atoms with Crippen molar-refractivity contribution in [3.05, 3.63) is 24.3 Å². The highest BCUT2D eigenvalue weighted by atomic mass is 15.3. The van der Waals surface area contributed by atoms with Gasteiger partial charge in [-0.3, -0.25) is 4.90 Å². The molecule has 0 amide bonds. The van der Waals surface area contributed by atoms with Crippen molar-refractivity contribution >= 4 is 0 Å². The highest BCUT2D eigenvalue weighted by Crippen LogP contribution is 2.44. The minimum Gasteiger partial charge on any atom is -0.311 e. The van der Waals surface area contributed by atoms with E-state index in [9.17, 15) is 0 Å². The molecule has 1 aliphatic heterocycles. The maximum absolute atomic E-state index is 4.37. The summed E-state index contributed by atoms with van der Waals surface area (Å²) in [6, 6.07) is 2.43. The first-order chi connectivity index (χ1) is 8.68. The van der Waals surface area contributed by atoms with Gasteiger partial charge in [0.1, 0.15) is 5.82 Å². The minimum atomic E-state index is 0.283. The van der Waals surface area contributed by atoms with Crippen LogP contribution in [0.25, 0.3) is 0 Å². The molecule has 2 fully saturated rings. The standard InChI is InChI=1S/C14H22N4/c1-11-8-18(9-13-15-6-3-7-16-13)14(2,10-17-11)12-4-5-12/h3,6-7,11-12,17H,4-5,8-10H2,1-2H3. The highest BCUT2D eigenvalue weighted by Gasteiger charge is 2.47. The summed E-state index contributed by atoms with van der Waals surface area (Å²) in [4.78, 5) is 11.3. The number of rotatable bonds is 3. The van der Waals surface area contributed by atoms with Crippen LogP contribution < -0.4 is 5.32 Å². The predicted octanol–water partition coefficient (Wildman–Crippen LogP) is 1.44. The lowest BCUT2D eigenvalue weighted by Gasteiger charge is -2.47. The second-order valence-corrected chi connectivity index (χ2v) is 5.96. The molecule has 4 nitrogen and oxygen atoms in total. The molecule has 2 aliphatic rings. The van der Waals surface area contributed by atoms with E-state index >= 15 is 0 Å². The van der Waals surface area contributed by atoms with Crippen LogP contribution in [0.5, 0.6) is 0 Å². The summed E-state index contributed by atoms with van der Waals surface area (Å²) in [5.74, 6) is 1.79. The number of nitrogens with zero attached hydrogens (tertiary/aromatic N) is 3. The van der Waals surface area contributed by atoms with E-state index < -0.39 is 0 Å². The Hall–Kier alpha value is -1.00. The summed E-state index contributed by atoms with van der Waals surface area (Å²) in [7, 11) is 0. The number of nitrogens with one attached hydrogen (secondary N) is 1. The minimum absolute atomic E-state index is 0.283. The summed E-state index contributed by atoms with van der Waals surface area (Å²) >= 11 is 0. The molecule has 1 N–H and O–H groups in total. The van der Waals surface area contributed by atoms with Gasteiger partial charge in [0.25, 0.3) is 0 Å². The molecule has 2 unspecified atom stereocenters. The normalized spacial score (nSPS) is 33.6. The first kappa shape index (κ1) is 12.1. The monoisotopic (exact) mass is 246 g/mol. The van der Waals surface area contributed by atoms with Crippen molar-refractivity contribution < 1.29 is 0 Å². The molecule has 0 radical (unpaired) electrons. The number of aromatic nitrogens is 2. The van der Waals surface area contributed by atoms with Crippen molar-refractivity contribution in [3.63, 3.8) is 0 Å². The van der Waals surface area contributed by atoms with E-state index in [4.69, 9.17) is 0 Å². The van der Waals surface area contributed by atoms with E-state index in [1.54, 1.807) is 0 Å². The van der Waals surface area contributed by atoms with Gasteiger partial charge in [-0.25, -0.2) is 9.97 Å². The Morgan fingerprint density at radius 2 is 2.11 bits per heavy atom. The Bertz CT molecular complexity index is 404. The second kappa shape index (κ2) is 4.59. The molecular weight excluding hydrogens is 224 g/mol. The second-order valence-electron chi connectivity index (χ2n) is 5.96. The van der Waals surface area contributed by atoms with Gasteiger partial charge < -0.3 is 5.32 Å². The summed E-state index contributed by atoms with van der Waals surface area (Å²) in [5, 5.41) is 3.63. The van der Waals surface area contributed by atoms with Gasteiger partial charge in [-0.1, -0.05) is 0 Å². The molecule has 98 valence electrons. The number of hydrogen-bond acceptors (Lipinski definition) is 4. The molecule has 4 heteroatoms. The van der Waals surface area contributed by atoms with Crippen molar-refractivity contribution in [2.75, 3.05) is 13.1 Å². The molecule has 1 saturated carbocycles. The molecule has 1 aliphatic carbocycles. The largest absolute Gasteiger partial charge is 0.311 e. The highest BCUT2D eigenvalue weighted by molar-refractivity contribution is 5.05. The first-order valence-electron chi connectivity index (χ1n) is 6.93. The molecule has 18 heavy (non-hydrogen) atoms. The maximum Gasteiger partial charge on any atom is 0.142 e. The van der Waals surface area contributed by atoms with E-state index in [1.807, 2.05) is 18.5 Å². The van der Waals surface area contributed by atoms with Crippen LogP contribution in [-0.2, 0) is 6.54 Å². The lowest BCUT2D eigenvalue weighted by molar-refractivity contribution is 0.0290. The molecule has 0 bridgehead atoms. The van der Waals surface area contributed by atoms with E-state index in [1.165, 1.54) is 12.8 Å². The topological polar surface area (TPSA) is 41.1 Å². The summed E-state index contributed by atoms with van der Waals surface area (Å²) in [6.07, 6.45) is 6.42. The van der Waals surface area contributed by atoms with Gasteiger partial charge in [-0.2, -0.15) is 0 Å². The molecule has 1 aromatic heterocycles. The zero-order chi connectivity index (χ0) is 12.6. The van der Waals surface area contributed by atoms with Crippen LogP contribution >= 0.6 is 0 Å². The van der Waals surface area contributed by atoms with E-state index in [-0.39, 0.29) is 5.54 Å². The third-order valence-electron chi connectivity index (χ3n) is 4.43. The Labute approximate surface area is 109 Å². The molecule has 2 heterocycles. The molecule has 1 aromatic rings. The van der Waals surface area contributed by atoms with Gasteiger partial charge in [0.2, 0.25) is 0 Å². The number of hydrogen-bond donors (Lipinski definition) is 1. The Balaban J connectivity index is 1.77.